The zero-order valence-corrected chi connectivity index (χ0v) is 19.1. The van der Waals surface area contributed by atoms with E-state index in [9.17, 15) is 13.2 Å². The van der Waals surface area contributed by atoms with E-state index in [0.717, 1.165) is 16.0 Å². The Balaban J connectivity index is 1.87. The van der Waals surface area contributed by atoms with Gasteiger partial charge in [0.1, 0.15) is 22.3 Å². The molecule has 164 valence electrons. The van der Waals surface area contributed by atoms with Gasteiger partial charge in [-0.3, -0.25) is 4.79 Å². The number of esters is 1. The number of hydrogen-bond acceptors (Lipinski definition) is 7. The largest absolute Gasteiger partial charge is 0.459 e. The summed E-state index contributed by atoms with van der Waals surface area (Å²) in [5, 5.41) is 5.54. The van der Waals surface area contributed by atoms with Gasteiger partial charge in [0.25, 0.3) is 0 Å². The number of ether oxygens (including phenoxy) is 1. The molecule has 0 radical (unpaired) electrons. The molecule has 0 spiro atoms. The van der Waals surface area contributed by atoms with Gasteiger partial charge in [-0.25, -0.2) is 4.98 Å². The van der Waals surface area contributed by atoms with Crippen LogP contribution in [-0.2, 0) is 26.3 Å². The molecule has 0 fully saturated rings. The van der Waals surface area contributed by atoms with Gasteiger partial charge in [0, 0.05) is 6.20 Å². The average Bonchev–Trinajstić information content (AvgIpc) is 3.15. The molecule has 31 heavy (non-hydrogen) atoms. The lowest BCUT2D eigenvalue weighted by Gasteiger charge is -2.23. The van der Waals surface area contributed by atoms with Gasteiger partial charge in [-0.1, -0.05) is 42.5 Å². The van der Waals surface area contributed by atoms with Crippen LogP contribution in [0.5, 0.6) is 5.75 Å². The predicted octanol–water partition coefficient (Wildman–Crippen LogP) is 4.06. The van der Waals surface area contributed by atoms with Crippen molar-refractivity contribution in [2.45, 2.75) is 38.7 Å². The number of benzene rings is 2. The Kier molecular flexibility index (Phi) is 6.78. The van der Waals surface area contributed by atoms with E-state index >= 15 is 0 Å². The summed E-state index contributed by atoms with van der Waals surface area (Å²) < 4.78 is 32.5. The molecular weight excluding hydrogens is 436 g/mol. The van der Waals surface area contributed by atoms with Crippen LogP contribution in [0.4, 0.5) is 0 Å². The molecule has 0 aliphatic carbocycles. The van der Waals surface area contributed by atoms with Crippen LogP contribution >= 0.6 is 11.3 Å². The number of rotatable bonds is 7. The normalized spacial score (nSPS) is 12.9. The SMILES string of the molecule is CC(C)(C)OC(=O)C(Cc1ccc(OS(N)(=O)=O)cc1)c1ncc(-c2ccccc2)s1. The third-order valence-electron chi connectivity index (χ3n) is 4.15. The summed E-state index contributed by atoms with van der Waals surface area (Å²) in [6.45, 7) is 5.45. The Morgan fingerprint density at radius 2 is 1.74 bits per heavy atom. The van der Waals surface area contributed by atoms with E-state index in [4.69, 9.17) is 9.88 Å². The summed E-state index contributed by atoms with van der Waals surface area (Å²) in [5.41, 5.74) is 1.19. The molecule has 0 bridgehead atoms. The number of carbonyl (C=O) groups is 1. The Labute approximate surface area is 186 Å². The molecule has 2 N–H and O–H groups in total. The standard InChI is InChI=1S/C22H24N2O5S2/c1-22(2,3)28-21(25)18(13-15-9-11-17(12-10-15)29-31(23,26)27)20-24-14-19(30-20)16-7-5-4-6-8-16/h4-12,14,18H,13H2,1-3H3,(H2,23,26,27). The first-order valence-electron chi connectivity index (χ1n) is 9.55. The quantitative estimate of drug-likeness (QED) is 0.533. The van der Waals surface area contributed by atoms with E-state index in [2.05, 4.69) is 9.17 Å². The summed E-state index contributed by atoms with van der Waals surface area (Å²) in [5.74, 6) is -0.876. The first kappa shape index (κ1) is 22.9. The monoisotopic (exact) mass is 460 g/mol. The van der Waals surface area contributed by atoms with Gasteiger partial charge in [0.05, 0.1) is 4.88 Å². The van der Waals surface area contributed by atoms with Crippen molar-refractivity contribution in [3.8, 4) is 16.2 Å². The maximum absolute atomic E-state index is 13.0. The lowest BCUT2D eigenvalue weighted by Crippen LogP contribution is -2.28. The molecule has 1 aromatic heterocycles. The molecule has 2 aromatic carbocycles. The van der Waals surface area contributed by atoms with Crippen molar-refractivity contribution in [2.24, 2.45) is 5.14 Å². The average molecular weight is 461 g/mol. The van der Waals surface area contributed by atoms with E-state index in [-0.39, 0.29) is 11.7 Å². The fourth-order valence-electron chi connectivity index (χ4n) is 2.88. The summed E-state index contributed by atoms with van der Waals surface area (Å²) >= 11 is 1.45. The lowest BCUT2D eigenvalue weighted by molar-refractivity contribution is -0.156. The molecule has 0 amide bonds. The van der Waals surface area contributed by atoms with Crippen molar-refractivity contribution in [3.05, 3.63) is 71.4 Å². The van der Waals surface area contributed by atoms with Crippen molar-refractivity contribution < 1.29 is 22.1 Å². The zero-order valence-electron chi connectivity index (χ0n) is 17.4. The lowest BCUT2D eigenvalue weighted by atomic mass is 9.99. The van der Waals surface area contributed by atoms with E-state index in [1.54, 1.807) is 18.3 Å². The summed E-state index contributed by atoms with van der Waals surface area (Å²) in [6.07, 6.45) is 2.10. The Bertz CT molecular complexity index is 1130. The van der Waals surface area contributed by atoms with Crippen molar-refractivity contribution in [3.63, 3.8) is 0 Å². The second-order valence-corrected chi connectivity index (χ2v) is 10.2. The van der Waals surface area contributed by atoms with Crippen molar-refractivity contribution in [1.29, 1.82) is 0 Å². The molecule has 0 saturated carbocycles. The van der Waals surface area contributed by atoms with E-state index in [1.807, 2.05) is 51.1 Å². The van der Waals surface area contributed by atoms with Crippen LogP contribution in [-0.4, -0.2) is 25.0 Å². The minimum absolute atomic E-state index is 0.0979. The van der Waals surface area contributed by atoms with Crippen LogP contribution in [0.1, 0.15) is 37.3 Å². The molecule has 1 heterocycles. The third-order valence-corrected chi connectivity index (χ3v) is 5.73. The van der Waals surface area contributed by atoms with Crippen LogP contribution in [0.15, 0.2) is 60.8 Å². The van der Waals surface area contributed by atoms with E-state index in [1.165, 1.54) is 23.5 Å². The van der Waals surface area contributed by atoms with E-state index < -0.39 is 21.8 Å². The fourth-order valence-corrected chi connectivity index (χ4v) is 4.27. The van der Waals surface area contributed by atoms with Gasteiger partial charge in [-0.05, 0) is 50.5 Å². The Hall–Kier alpha value is -2.75. The number of hydrogen-bond donors (Lipinski definition) is 1. The van der Waals surface area contributed by atoms with Crippen LogP contribution in [0.25, 0.3) is 10.4 Å². The second kappa shape index (κ2) is 9.17. The maximum Gasteiger partial charge on any atom is 0.380 e. The summed E-state index contributed by atoms with van der Waals surface area (Å²) in [7, 11) is -4.10. The van der Waals surface area contributed by atoms with Crippen molar-refractivity contribution in [2.75, 3.05) is 0 Å². The number of thiazole rings is 1. The molecule has 3 aromatic rings. The minimum Gasteiger partial charge on any atom is -0.459 e. The van der Waals surface area contributed by atoms with Crippen LogP contribution in [0.3, 0.4) is 0 Å². The highest BCUT2D eigenvalue weighted by Gasteiger charge is 2.29. The molecule has 0 aliphatic rings. The highest BCUT2D eigenvalue weighted by Crippen LogP contribution is 2.33. The third kappa shape index (κ3) is 6.88. The number of aromatic nitrogens is 1. The molecule has 3 rings (SSSR count). The number of carbonyl (C=O) groups excluding carboxylic acids is 1. The van der Waals surface area contributed by atoms with Crippen molar-refractivity contribution in [1.82, 2.24) is 4.98 Å². The van der Waals surface area contributed by atoms with E-state index in [0.29, 0.717) is 11.4 Å². The molecule has 1 atom stereocenters. The fraction of sp³-hybridized carbons (Fsp3) is 0.273. The molecule has 9 heteroatoms. The van der Waals surface area contributed by atoms with Crippen LogP contribution in [0.2, 0.25) is 0 Å². The Morgan fingerprint density at radius 1 is 1.10 bits per heavy atom. The van der Waals surface area contributed by atoms with Gasteiger partial charge in [0.2, 0.25) is 0 Å². The summed E-state index contributed by atoms with van der Waals surface area (Å²) in [6, 6.07) is 16.2. The second-order valence-electron chi connectivity index (χ2n) is 7.94. The van der Waals surface area contributed by atoms with Crippen molar-refractivity contribution >= 4 is 27.6 Å². The summed E-state index contributed by atoms with van der Waals surface area (Å²) in [4.78, 5) is 18.5. The molecule has 0 saturated heterocycles. The van der Waals surface area contributed by atoms with Crippen LogP contribution < -0.4 is 9.32 Å². The smallest absolute Gasteiger partial charge is 0.380 e. The molecular formula is C22H24N2O5S2. The van der Waals surface area contributed by atoms with Gasteiger partial charge < -0.3 is 8.92 Å². The highest BCUT2D eigenvalue weighted by atomic mass is 32.2. The van der Waals surface area contributed by atoms with Gasteiger partial charge in [0.15, 0.2) is 0 Å². The van der Waals surface area contributed by atoms with Crippen LogP contribution in [0, 0.1) is 0 Å². The minimum atomic E-state index is -4.10. The highest BCUT2D eigenvalue weighted by molar-refractivity contribution is 7.84. The number of nitrogens with two attached hydrogens (primary N) is 1. The van der Waals surface area contributed by atoms with Gasteiger partial charge >= 0.3 is 16.3 Å². The van der Waals surface area contributed by atoms with Gasteiger partial charge in [-0.2, -0.15) is 13.6 Å². The maximum atomic E-state index is 13.0. The zero-order chi connectivity index (χ0) is 22.6. The first-order chi connectivity index (χ1) is 14.5. The molecule has 1 unspecified atom stereocenters. The molecule has 7 nitrogen and oxygen atoms in total. The number of nitrogens with zero attached hydrogens (tertiary/aromatic N) is 1. The topological polar surface area (TPSA) is 109 Å². The first-order valence-corrected chi connectivity index (χ1v) is 11.8. The predicted molar refractivity (Wildman–Crippen MR) is 120 cm³/mol. The molecule has 0 aliphatic heterocycles. The van der Waals surface area contributed by atoms with Gasteiger partial charge in [-0.15, -0.1) is 11.3 Å². The Morgan fingerprint density at radius 3 is 2.32 bits per heavy atom.